The molecule has 1 saturated heterocycles. The Morgan fingerprint density at radius 3 is 2.88 bits per heavy atom. The van der Waals surface area contributed by atoms with Gasteiger partial charge in [0.2, 0.25) is 5.91 Å². The van der Waals surface area contributed by atoms with Gasteiger partial charge >= 0.3 is 0 Å². The average Bonchev–Trinajstić information content (AvgIpc) is 3.26. The summed E-state index contributed by atoms with van der Waals surface area (Å²) in [4.78, 5) is 15.2. The lowest BCUT2D eigenvalue weighted by Crippen LogP contribution is -2.48. The predicted octanol–water partition coefficient (Wildman–Crippen LogP) is 2.30. The first kappa shape index (κ1) is 17.1. The van der Waals surface area contributed by atoms with Gasteiger partial charge in [0.1, 0.15) is 5.82 Å². The van der Waals surface area contributed by atoms with Crippen LogP contribution < -0.4 is 0 Å². The summed E-state index contributed by atoms with van der Waals surface area (Å²) < 4.78 is 19.1. The minimum Gasteiger partial charge on any atom is -0.379 e. The molecule has 2 aromatic rings. The predicted molar refractivity (Wildman–Crippen MR) is 92.9 cm³/mol. The van der Waals surface area contributed by atoms with Gasteiger partial charge in [-0.3, -0.25) is 4.79 Å². The molecular formula is C19H23FN4O2. The molecule has 4 rings (SSSR count). The highest BCUT2D eigenvalue weighted by Gasteiger charge is 2.49. The Labute approximate surface area is 151 Å². The van der Waals surface area contributed by atoms with Crippen molar-refractivity contribution in [2.75, 3.05) is 20.2 Å². The van der Waals surface area contributed by atoms with E-state index in [1.165, 1.54) is 12.1 Å². The van der Waals surface area contributed by atoms with Crippen LogP contribution in [0.5, 0.6) is 0 Å². The fourth-order valence-corrected chi connectivity index (χ4v) is 4.29. The van der Waals surface area contributed by atoms with E-state index in [0.717, 1.165) is 30.5 Å². The number of H-pyrrole nitrogens is 1. The fourth-order valence-electron chi connectivity index (χ4n) is 4.29. The highest BCUT2D eigenvalue weighted by molar-refractivity contribution is 5.84. The van der Waals surface area contributed by atoms with Gasteiger partial charge in [-0.05, 0) is 37.0 Å². The smallest absolute Gasteiger partial charge is 0.229 e. The molecule has 1 aliphatic carbocycles. The Kier molecular flexibility index (Phi) is 4.48. The summed E-state index contributed by atoms with van der Waals surface area (Å²) in [6.07, 6.45) is 4.93. The number of methoxy groups -OCH3 is 1. The maximum atomic E-state index is 13.5. The summed E-state index contributed by atoms with van der Waals surface area (Å²) >= 11 is 0. The summed E-state index contributed by atoms with van der Waals surface area (Å²) in [5, 5.41) is 10.7. The molecule has 2 aliphatic rings. The molecule has 0 bridgehead atoms. The van der Waals surface area contributed by atoms with E-state index in [2.05, 4.69) is 15.4 Å². The number of ether oxygens (including phenoxy) is 1. The number of hydrogen-bond donors (Lipinski definition) is 1. The second kappa shape index (κ2) is 6.79. The van der Waals surface area contributed by atoms with Gasteiger partial charge in [-0.15, -0.1) is 0 Å². The molecule has 1 aromatic heterocycles. The zero-order chi connectivity index (χ0) is 18.1. The zero-order valence-electron chi connectivity index (χ0n) is 14.8. The number of carbonyl (C=O) groups excluding carboxylic acids is 1. The van der Waals surface area contributed by atoms with E-state index in [9.17, 15) is 9.18 Å². The summed E-state index contributed by atoms with van der Waals surface area (Å²) in [7, 11) is 1.66. The number of benzene rings is 1. The lowest BCUT2D eigenvalue weighted by atomic mass is 9.64. The number of nitrogens with zero attached hydrogens (tertiary/aromatic N) is 3. The van der Waals surface area contributed by atoms with Gasteiger partial charge in [0.25, 0.3) is 0 Å². The molecule has 0 unspecified atom stereocenters. The number of rotatable bonds is 5. The van der Waals surface area contributed by atoms with Crippen LogP contribution in [0.2, 0.25) is 0 Å². The Morgan fingerprint density at radius 2 is 2.27 bits per heavy atom. The third kappa shape index (κ3) is 3.00. The van der Waals surface area contributed by atoms with Crippen molar-refractivity contribution in [3.8, 4) is 0 Å². The first-order chi connectivity index (χ1) is 12.6. The second-order valence-corrected chi connectivity index (χ2v) is 7.43. The summed E-state index contributed by atoms with van der Waals surface area (Å²) in [5.41, 5.74) is 1.29. The quantitative estimate of drug-likeness (QED) is 0.890. The number of aromatic amines is 1. The minimum atomic E-state index is -0.412. The SMILES string of the molecule is CO[C@@H]1CN(C(=O)C2(Cc3cccc(F)c3)CCC2)C[C@H]1c1cn[nH]n1. The molecule has 7 heteroatoms. The van der Waals surface area contributed by atoms with E-state index >= 15 is 0 Å². The Bertz CT molecular complexity index is 776. The summed E-state index contributed by atoms with van der Waals surface area (Å²) in [6, 6.07) is 6.58. The lowest BCUT2D eigenvalue weighted by Gasteiger charge is -2.43. The molecule has 1 aromatic carbocycles. The van der Waals surface area contributed by atoms with Crippen molar-refractivity contribution in [2.45, 2.75) is 37.7 Å². The number of hydrogen-bond acceptors (Lipinski definition) is 4. The van der Waals surface area contributed by atoms with E-state index in [1.54, 1.807) is 19.4 Å². The monoisotopic (exact) mass is 358 g/mol. The first-order valence-electron chi connectivity index (χ1n) is 9.03. The number of amides is 1. The van der Waals surface area contributed by atoms with Crippen LogP contribution in [0.25, 0.3) is 0 Å². The van der Waals surface area contributed by atoms with E-state index < -0.39 is 5.41 Å². The first-order valence-corrected chi connectivity index (χ1v) is 9.03. The van der Waals surface area contributed by atoms with Gasteiger partial charge in [0.05, 0.1) is 29.3 Å². The molecule has 1 amide bonds. The molecule has 1 N–H and O–H groups in total. The molecule has 1 aliphatic heterocycles. The zero-order valence-corrected chi connectivity index (χ0v) is 14.8. The van der Waals surface area contributed by atoms with Gasteiger partial charge in [-0.2, -0.15) is 15.4 Å². The third-order valence-electron chi connectivity index (χ3n) is 5.87. The lowest BCUT2D eigenvalue weighted by molar-refractivity contribution is -0.146. The molecule has 1 saturated carbocycles. The van der Waals surface area contributed by atoms with Crippen molar-refractivity contribution in [1.82, 2.24) is 20.3 Å². The molecule has 0 spiro atoms. The highest BCUT2D eigenvalue weighted by atomic mass is 19.1. The van der Waals surface area contributed by atoms with Crippen molar-refractivity contribution in [2.24, 2.45) is 5.41 Å². The largest absolute Gasteiger partial charge is 0.379 e. The Hall–Kier alpha value is -2.28. The van der Waals surface area contributed by atoms with E-state index in [4.69, 9.17) is 4.74 Å². The molecule has 2 heterocycles. The van der Waals surface area contributed by atoms with Crippen LogP contribution >= 0.6 is 0 Å². The number of carbonyl (C=O) groups is 1. The van der Waals surface area contributed by atoms with Crippen LogP contribution in [0.4, 0.5) is 4.39 Å². The van der Waals surface area contributed by atoms with Gasteiger partial charge in [-0.25, -0.2) is 4.39 Å². The normalized spacial score (nSPS) is 24.5. The molecule has 138 valence electrons. The van der Waals surface area contributed by atoms with Gasteiger partial charge < -0.3 is 9.64 Å². The topological polar surface area (TPSA) is 71.1 Å². The molecule has 2 fully saturated rings. The van der Waals surface area contributed by atoms with Crippen molar-refractivity contribution in [3.63, 3.8) is 0 Å². The summed E-state index contributed by atoms with van der Waals surface area (Å²) in [6.45, 7) is 1.13. The highest BCUT2D eigenvalue weighted by Crippen LogP contribution is 2.46. The van der Waals surface area contributed by atoms with Crippen LogP contribution in [0.3, 0.4) is 0 Å². The van der Waals surface area contributed by atoms with Gasteiger partial charge in [0, 0.05) is 20.2 Å². The fraction of sp³-hybridized carbons (Fsp3) is 0.526. The maximum absolute atomic E-state index is 13.5. The minimum absolute atomic E-state index is 0.0222. The van der Waals surface area contributed by atoms with E-state index in [0.29, 0.717) is 19.5 Å². The number of halogens is 1. The van der Waals surface area contributed by atoms with Crippen molar-refractivity contribution >= 4 is 5.91 Å². The number of aromatic nitrogens is 3. The molecular weight excluding hydrogens is 335 g/mol. The van der Waals surface area contributed by atoms with Gasteiger partial charge in [-0.1, -0.05) is 18.6 Å². The Morgan fingerprint density at radius 1 is 1.42 bits per heavy atom. The second-order valence-electron chi connectivity index (χ2n) is 7.43. The average molecular weight is 358 g/mol. The van der Waals surface area contributed by atoms with Crippen LogP contribution in [-0.4, -0.2) is 52.5 Å². The summed E-state index contributed by atoms with van der Waals surface area (Å²) in [5.74, 6) is -0.0776. The standard InChI is InChI=1S/C19H23FN4O2/c1-26-17-12-24(11-15(17)16-10-21-23-22-16)18(25)19(6-3-7-19)9-13-4-2-5-14(20)8-13/h2,4-5,8,10,15,17H,3,6-7,9,11-12H2,1H3,(H,21,22,23)/t15-,17+/m0/s1. The molecule has 26 heavy (non-hydrogen) atoms. The molecule has 6 nitrogen and oxygen atoms in total. The van der Waals surface area contributed by atoms with Crippen LogP contribution in [0.1, 0.15) is 36.4 Å². The van der Waals surface area contributed by atoms with Crippen LogP contribution in [0, 0.1) is 11.2 Å². The van der Waals surface area contributed by atoms with E-state index in [-0.39, 0.29) is 23.7 Å². The van der Waals surface area contributed by atoms with Crippen molar-refractivity contribution in [1.29, 1.82) is 0 Å². The number of nitrogens with one attached hydrogen (secondary N) is 1. The third-order valence-corrected chi connectivity index (χ3v) is 5.87. The van der Waals surface area contributed by atoms with Crippen LogP contribution in [-0.2, 0) is 16.0 Å². The molecule has 0 radical (unpaired) electrons. The van der Waals surface area contributed by atoms with E-state index in [1.807, 2.05) is 11.0 Å². The Balaban J connectivity index is 1.52. The van der Waals surface area contributed by atoms with Crippen molar-refractivity contribution in [3.05, 3.63) is 47.5 Å². The van der Waals surface area contributed by atoms with Crippen molar-refractivity contribution < 1.29 is 13.9 Å². The number of likely N-dealkylation sites (tertiary alicyclic amines) is 1. The maximum Gasteiger partial charge on any atom is 0.229 e. The molecule has 2 atom stereocenters. The van der Waals surface area contributed by atoms with Crippen LogP contribution in [0.15, 0.2) is 30.5 Å². The van der Waals surface area contributed by atoms with Gasteiger partial charge in [0.15, 0.2) is 0 Å².